The monoisotopic (exact) mass is 475 g/mol. The van der Waals surface area contributed by atoms with Gasteiger partial charge in [-0.1, -0.05) is 44.1 Å². The number of aromatic nitrogens is 2. The molecule has 0 radical (unpaired) electrons. The van der Waals surface area contributed by atoms with Crippen LogP contribution in [0.2, 0.25) is 0 Å². The van der Waals surface area contributed by atoms with Crippen molar-refractivity contribution in [2.45, 2.75) is 51.5 Å². The van der Waals surface area contributed by atoms with E-state index in [1.807, 2.05) is 19.9 Å². The third-order valence-corrected chi connectivity index (χ3v) is 5.61. The molecule has 0 unspecified atom stereocenters. The molecule has 3 rings (SSSR count). The third kappa shape index (κ3) is 6.31. The number of rotatable bonds is 9. The lowest BCUT2D eigenvalue weighted by molar-refractivity contribution is -0.201. The molecule has 1 aliphatic heterocycles. The van der Waals surface area contributed by atoms with Gasteiger partial charge in [0.1, 0.15) is 6.04 Å². The van der Waals surface area contributed by atoms with Gasteiger partial charge in [0.05, 0.1) is 19.3 Å². The molecule has 2 atom stereocenters. The average Bonchev–Trinajstić information content (AvgIpc) is 3.34. The molecule has 2 aromatic rings. The second-order valence-electron chi connectivity index (χ2n) is 8.72. The lowest BCUT2D eigenvalue weighted by Crippen LogP contribution is -2.58. The van der Waals surface area contributed by atoms with E-state index in [0.717, 1.165) is 0 Å². The van der Waals surface area contributed by atoms with E-state index in [2.05, 4.69) is 20.8 Å². The molecule has 1 saturated heterocycles. The minimum Gasteiger partial charge on any atom is -0.378 e. The Balaban J connectivity index is 1.72. The van der Waals surface area contributed by atoms with Crippen molar-refractivity contribution < 1.29 is 29.1 Å². The fourth-order valence-electron chi connectivity index (χ4n) is 3.70. The first-order chi connectivity index (χ1) is 16.2. The predicted octanol–water partition coefficient (Wildman–Crippen LogP) is 1.23. The van der Waals surface area contributed by atoms with Gasteiger partial charge in [0.25, 0.3) is 5.89 Å². The zero-order valence-corrected chi connectivity index (χ0v) is 19.7. The van der Waals surface area contributed by atoms with Gasteiger partial charge in [0, 0.05) is 18.7 Å². The van der Waals surface area contributed by atoms with E-state index in [1.165, 1.54) is 0 Å². The summed E-state index contributed by atoms with van der Waals surface area (Å²) in [6.07, 6.45) is 0.544. The summed E-state index contributed by atoms with van der Waals surface area (Å²) in [6.45, 7) is 7.33. The van der Waals surface area contributed by atoms with Gasteiger partial charge in [-0.25, -0.2) is 4.79 Å². The molecule has 1 aromatic heterocycles. The number of aliphatic hydroxyl groups is 2. The van der Waals surface area contributed by atoms with E-state index in [0.29, 0.717) is 38.3 Å². The summed E-state index contributed by atoms with van der Waals surface area (Å²) in [5.74, 6) is -3.24. The third-order valence-electron chi connectivity index (χ3n) is 5.61. The summed E-state index contributed by atoms with van der Waals surface area (Å²) in [4.78, 5) is 31.5. The number of nitrogens with zero attached hydrogens (tertiary/aromatic N) is 3. The van der Waals surface area contributed by atoms with E-state index in [-0.39, 0.29) is 30.1 Å². The van der Waals surface area contributed by atoms with Crippen LogP contribution >= 0.6 is 0 Å². The summed E-state index contributed by atoms with van der Waals surface area (Å²) < 4.78 is 10.5. The van der Waals surface area contributed by atoms with Crippen LogP contribution < -0.4 is 10.6 Å². The maximum absolute atomic E-state index is 13.1. The van der Waals surface area contributed by atoms with Crippen LogP contribution in [0, 0.1) is 5.92 Å². The summed E-state index contributed by atoms with van der Waals surface area (Å²) in [6, 6.07) is 6.56. The van der Waals surface area contributed by atoms with Crippen molar-refractivity contribution >= 4 is 11.9 Å². The first kappa shape index (κ1) is 25.6. The summed E-state index contributed by atoms with van der Waals surface area (Å²) in [7, 11) is 0. The Hall–Kier alpha value is -3.02. The zero-order chi connectivity index (χ0) is 24.7. The second kappa shape index (κ2) is 11.4. The van der Waals surface area contributed by atoms with Crippen LogP contribution in [-0.2, 0) is 15.3 Å². The molecule has 1 aliphatic rings. The van der Waals surface area contributed by atoms with E-state index >= 15 is 0 Å². The van der Waals surface area contributed by atoms with Gasteiger partial charge in [-0.3, -0.25) is 4.79 Å². The van der Waals surface area contributed by atoms with Crippen LogP contribution in [0.1, 0.15) is 39.4 Å². The lowest BCUT2D eigenvalue weighted by atomic mass is 10.00. The molecule has 34 heavy (non-hydrogen) atoms. The SMILES string of the molecule is CC[C@H](NC(=O)[C@H](CC(C)C)NC(=O)N1CCOCC1)C(O)(O)c1noc(-c2ccccc2)n1. The van der Waals surface area contributed by atoms with Crippen molar-refractivity contribution in [3.05, 3.63) is 36.2 Å². The molecule has 4 N–H and O–H groups in total. The second-order valence-corrected chi connectivity index (χ2v) is 8.72. The molecular weight excluding hydrogens is 442 g/mol. The van der Waals surface area contributed by atoms with Crippen LogP contribution in [0.3, 0.4) is 0 Å². The molecule has 0 spiro atoms. The number of urea groups is 1. The number of hydrogen-bond donors (Lipinski definition) is 4. The number of carbonyl (C=O) groups is 2. The number of benzene rings is 1. The molecule has 11 heteroatoms. The Morgan fingerprint density at radius 2 is 1.82 bits per heavy atom. The van der Waals surface area contributed by atoms with Gasteiger partial charge >= 0.3 is 6.03 Å². The van der Waals surface area contributed by atoms with E-state index in [4.69, 9.17) is 9.26 Å². The summed E-state index contributed by atoms with van der Waals surface area (Å²) >= 11 is 0. The molecule has 1 aromatic carbocycles. The Morgan fingerprint density at radius 3 is 2.44 bits per heavy atom. The molecule has 11 nitrogen and oxygen atoms in total. The van der Waals surface area contributed by atoms with Crippen LogP contribution in [-0.4, -0.2) is 75.6 Å². The number of amides is 3. The standard InChI is InChI=1S/C23H33N5O6/c1-4-18(23(31,32)21-26-20(34-27-21)16-8-6-5-7-9-16)25-19(29)17(14-15(2)3)24-22(30)28-10-12-33-13-11-28/h5-9,15,17-18,31-32H,4,10-14H2,1-3H3,(H,24,30)(H,25,29)/t17-,18-/m0/s1. The topological polar surface area (TPSA) is 150 Å². The van der Waals surface area contributed by atoms with Crippen LogP contribution in [0.25, 0.3) is 11.5 Å². The van der Waals surface area contributed by atoms with Crippen LogP contribution in [0.5, 0.6) is 0 Å². The Morgan fingerprint density at radius 1 is 1.15 bits per heavy atom. The number of morpholine rings is 1. The maximum atomic E-state index is 13.1. The number of carbonyl (C=O) groups excluding carboxylic acids is 2. The van der Waals surface area contributed by atoms with Crippen molar-refractivity contribution in [1.82, 2.24) is 25.7 Å². The van der Waals surface area contributed by atoms with E-state index in [9.17, 15) is 19.8 Å². The lowest BCUT2D eigenvalue weighted by Gasteiger charge is -2.32. The smallest absolute Gasteiger partial charge is 0.318 e. The van der Waals surface area contributed by atoms with Crippen LogP contribution in [0.15, 0.2) is 34.9 Å². The first-order valence-electron chi connectivity index (χ1n) is 11.5. The van der Waals surface area contributed by atoms with E-state index < -0.39 is 23.8 Å². The fraction of sp³-hybridized carbons (Fsp3) is 0.565. The minimum absolute atomic E-state index is 0.111. The fourth-order valence-corrected chi connectivity index (χ4v) is 3.70. The van der Waals surface area contributed by atoms with Crippen LogP contribution in [0.4, 0.5) is 4.79 Å². The van der Waals surface area contributed by atoms with Gasteiger partial charge in [0.15, 0.2) is 0 Å². The summed E-state index contributed by atoms with van der Waals surface area (Å²) in [5, 5.41) is 30.8. The highest BCUT2D eigenvalue weighted by Crippen LogP contribution is 2.25. The molecule has 0 aliphatic carbocycles. The van der Waals surface area contributed by atoms with Crippen molar-refractivity contribution in [2.24, 2.45) is 5.92 Å². The van der Waals surface area contributed by atoms with Gasteiger partial charge < -0.3 is 35.0 Å². The Bertz CT molecular complexity index is 942. The predicted molar refractivity (Wildman–Crippen MR) is 122 cm³/mol. The Kier molecular flexibility index (Phi) is 8.59. The molecule has 1 fully saturated rings. The quantitative estimate of drug-likeness (QED) is 0.396. The average molecular weight is 476 g/mol. The van der Waals surface area contributed by atoms with Crippen molar-refractivity contribution in [1.29, 1.82) is 0 Å². The van der Waals surface area contributed by atoms with Gasteiger partial charge in [0.2, 0.25) is 17.5 Å². The molecule has 0 bridgehead atoms. The van der Waals surface area contributed by atoms with E-state index in [1.54, 1.807) is 36.1 Å². The zero-order valence-electron chi connectivity index (χ0n) is 19.7. The first-order valence-corrected chi connectivity index (χ1v) is 11.5. The minimum atomic E-state index is -2.59. The van der Waals surface area contributed by atoms with Gasteiger partial charge in [-0.05, 0) is 30.9 Å². The highest BCUT2D eigenvalue weighted by molar-refractivity contribution is 5.87. The number of hydrogen-bond acceptors (Lipinski definition) is 8. The van der Waals surface area contributed by atoms with Gasteiger partial charge in [-0.15, -0.1) is 0 Å². The van der Waals surface area contributed by atoms with Crippen molar-refractivity contribution in [3.8, 4) is 11.5 Å². The van der Waals surface area contributed by atoms with Crippen molar-refractivity contribution in [3.63, 3.8) is 0 Å². The number of nitrogens with one attached hydrogen (secondary N) is 2. The largest absolute Gasteiger partial charge is 0.378 e. The molecule has 186 valence electrons. The normalized spacial score (nSPS) is 16.2. The van der Waals surface area contributed by atoms with Crippen molar-refractivity contribution in [2.75, 3.05) is 26.3 Å². The highest BCUT2D eigenvalue weighted by atomic mass is 16.5. The molecule has 2 heterocycles. The number of ether oxygens (including phenoxy) is 1. The molecule has 0 saturated carbocycles. The Labute approximate surface area is 198 Å². The molecular formula is C23H33N5O6. The summed E-state index contributed by atoms with van der Waals surface area (Å²) in [5.41, 5.74) is 0.622. The van der Waals surface area contributed by atoms with Gasteiger partial charge in [-0.2, -0.15) is 4.98 Å². The maximum Gasteiger partial charge on any atom is 0.318 e. The molecule has 3 amide bonds. The highest BCUT2D eigenvalue weighted by Gasteiger charge is 2.42.